The number of halogens is 7. The topological polar surface area (TPSA) is 0 Å². The second-order valence-corrected chi connectivity index (χ2v) is 3.72. The number of hydrogen-bond donors (Lipinski definition) is 0. The summed E-state index contributed by atoms with van der Waals surface area (Å²) in [7, 11) is 0. The van der Waals surface area contributed by atoms with Gasteiger partial charge in [-0.15, -0.1) is 11.6 Å². The molecule has 96 valence electrons. The van der Waals surface area contributed by atoms with Crippen molar-refractivity contribution in [2.24, 2.45) is 0 Å². The fourth-order valence-electron chi connectivity index (χ4n) is 1.53. The van der Waals surface area contributed by atoms with Gasteiger partial charge in [0.05, 0.1) is 11.1 Å². The lowest BCUT2D eigenvalue weighted by Gasteiger charge is -2.17. The third kappa shape index (κ3) is 3.06. The summed E-state index contributed by atoms with van der Waals surface area (Å²) in [4.78, 5) is 0. The lowest BCUT2D eigenvalue weighted by Crippen LogP contribution is -2.14. The quantitative estimate of drug-likeness (QED) is 0.512. The number of alkyl halides is 7. The number of hydrogen-bond acceptors (Lipinski definition) is 0. The Morgan fingerprint density at radius 2 is 1.53 bits per heavy atom. The summed E-state index contributed by atoms with van der Waals surface area (Å²) in [5, 5.41) is 0. The lowest BCUT2D eigenvalue weighted by molar-refractivity contribution is -0.142. The van der Waals surface area contributed by atoms with Gasteiger partial charge >= 0.3 is 12.4 Å². The van der Waals surface area contributed by atoms with E-state index in [9.17, 15) is 26.3 Å². The molecule has 1 aromatic rings. The smallest absolute Gasteiger partial charge is 0.166 e. The average molecular weight is 277 g/mol. The highest BCUT2D eigenvalue weighted by Crippen LogP contribution is 2.39. The van der Waals surface area contributed by atoms with Crippen molar-refractivity contribution >= 4 is 11.6 Å². The zero-order valence-corrected chi connectivity index (χ0v) is 9.26. The first-order valence-electron chi connectivity index (χ1n) is 4.41. The van der Waals surface area contributed by atoms with Gasteiger partial charge in [0.25, 0.3) is 0 Å². The van der Waals surface area contributed by atoms with Gasteiger partial charge < -0.3 is 0 Å². The molecule has 0 nitrogen and oxygen atoms in total. The fraction of sp³-hybridized carbons (Fsp3) is 0.400. The first-order chi connectivity index (χ1) is 7.57. The molecule has 0 bridgehead atoms. The first-order valence-corrected chi connectivity index (χ1v) is 4.94. The van der Waals surface area contributed by atoms with E-state index in [4.69, 9.17) is 11.6 Å². The van der Waals surface area contributed by atoms with Crippen molar-refractivity contribution in [2.75, 3.05) is 0 Å². The Labute approximate surface area is 98.2 Å². The maximum Gasteiger partial charge on any atom is 0.416 e. The molecule has 0 spiro atoms. The van der Waals surface area contributed by atoms with E-state index < -0.39 is 40.5 Å². The fourth-order valence-corrected chi connectivity index (χ4v) is 1.75. The molecule has 0 saturated carbocycles. The molecule has 0 saturated heterocycles. The van der Waals surface area contributed by atoms with E-state index in [2.05, 4.69) is 0 Å². The molecule has 0 aliphatic rings. The largest absolute Gasteiger partial charge is 0.416 e. The molecular formula is C10H7ClF6. The van der Waals surface area contributed by atoms with Crippen LogP contribution < -0.4 is 0 Å². The molecule has 0 fully saturated rings. The second-order valence-electron chi connectivity index (χ2n) is 3.46. The van der Waals surface area contributed by atoms with E-state index in [1.807, 2.05) is 0 Å². The van der Waals surface area contributed by atoms with Crippen LogP contribution in [0, 0.1) is 6.92 Å². The number of benzene rings is 1. The molecule has 0 aliphatic carbocycles. The van der Waals surface area contributed by atoms with Crippen LogP contribution in [0.2, 0.25) is 0 Å². The van der Waals surface area contributed by atoms with Gasteiger partial charge in [0.15, 0.2) is 0 Å². The van der Waals surface area contributed by atoms with Crippen molar-refractivity contribution in [1.29, 1.82) is 0 Å². The molecular weight excluding hydrogens is 270 g/mol. The average Bonchev–Trinajstić information content (AvgIpc) is 2.12. The van der Waals surface area contributed by atoms with E-state index in [-0.39, 0.29) is 0 Å². The summed E-state index contributed by atoms with van der Waals surface area (Å²) in [6.07, 6.45) is -9.39. The maximum atomic E-state index is 12.6. The molecule has 0 amide bonds. The molecule has 17 heavy (non-hydrogen) atoms. The summed E-state index contributed by atoms with van der Waals surface area (Å²) >= 11 is 5.26. The van der Waals surface area contributed by atoms with Gasteiger partial charge in [-0.05, 0) is 30.2 Å². The van der Waals surface area contributed by atoms with Gasteiger partial charge in [-0.2, -0.15) is 26.3 Å². The molecule has 1 rings (SSSR count). The monoisotopic (exact) mass is 276 g/mol. The van der Waals surface area contributed by atoms with Crippen molar-refractivity contribution in [1.82, 2.24) is 0 Å². The lowest BCUT2D eigenvalue weighted by atomic mass is 9.98. The zero-order chi connectivity index (χ0) is 13.4. The predicted molar refractivity (Wildman–Crippen MR) is 50.7 cm³/mol. The normalized spacial score (nSPS) is 12.9. The van der Waals surface area contributed by atoms with Crippen LogP contribution in [0.1, 0.15) is 22.3 Å². The van der Waals surface area contributed by atoms with Crippen LogP contribution in [-0.2, 0) is 18.2 Å². The highest BCUT2D eigenvalue weighted by Gasteiger charge is 2.38. The Morgan fingerprint density at radius 3 is 1.88 bits per heavy atom. The predicted octanol–water partition coefficient (Wildman–Crippen LogP) is 4.77. The zero-order valence-electron chi connectivity index (χ0n) is 8.51. The van der Waals surface area contributed by atoms with Crippen LogP contribution in [0.25, 0.3) is 0 Å². The van der Waals surface area contributed by atoms with Gasteiger partial charge in [0.1, 0.15) is 0 Å². The number of aryl methyl sites for hydroxylation is 1. The van der Waals surface area contributed by atoms with E-state index in [0.717, 1.165) is 6.92 Å². The van der Waals surface area contributed by atoms with Crippen molar-refractivity contribution in [3.63, 3.8) is 0 Å². The van der Waals surface area contributed by atoms with Crippen molar-refractivity contribution in [3.05, 3.63) is 34.4 Å². The summed E-state index contributed by atoms with van der Waals surface area (Å²) < 4.78 is 74.9. The van der Waals surface area contributed by atoms with Gasteiger partial charge in [-0.1, -0.05) is 0 Å². The van der Waals surface area contributed by atoms with E-state index in [1.165, 1.54) is 0 Å². The SMILES string of the molecule is Cc1cc(C(F)(F)F)cc(CCl)c1C(F)(F)F. The molecule has 0 atom stereocenters. The van der Waals surface area contributed by atoms with Gasteiger partial charge in [-0.25, -0.2) is 0 Å². The molecule has 1 aromatic carbocycles. The van der Waals surface area contributed by atoms with Crippen LogP contribution in [0.3, 0.4) is 0 Å². The van der Waals surface area contributed by atoms with Crippen molar-refractivity contribution in [3.8, 4) is 0 Å². The highest BCUT2D eigenvalue weighted by atomic mass is 35.5. The van der Waals surface area contributed by atoms with Crippen molar-refractivity contribution < 1.29 is 26.3 Å². The Kier molecular flexibility index (Phi) is 3.66. The van der Waals surface area contributed by atoms with Crippen LogP contribution in [0.15, 0.2) is 12.1 Å². The number of rotatable bonds is 1. The van der Waals surface area contributed by atoms with Gasteiger partial charge in [0, 0.05) is 5.88 Å². The van der Waals surface area contributed by atoms with Crippen LogP contribution in [0.5, 0.6) is 0 Å². The highest BCUT2D eigenvalue weighted by molar-refractivity contribution is 6.17. The third-order valence-electron chi connectivity index (χ3n) is 2.17. The van der Waals surface area contributed by atoms with E-state index in [0.29, 0.717) is 12.1 Å². The first kappa shape index (κ1) is 14.2. The molecule has 0 heterocycles. The molecule has 0 radical (unpaired) electrons. The van der Waals surface area contributed by atoms with Gasteiger partial charge in [0.2, 0.25) is 0 Å². The molecule has 0 N–H and O–H groups in total. The third-order valence-corrected chi connectivity index (χ3v) is 2.46. The van der Waals surface area contributed by atoms with Gasteiger partial charge in [-0.3, -0.25) is 0 Å². The Bertz CT molecular complexity index is 418. The van der Waals surface area contributed by atoms with Crippen molar-refractivity contribution in [2.45, 2.75) is 25.2 Å². The minimum Gasteiger partial charge on any atom is -0.166 e. The molecule has 0 unspecified atom stereocenters. The Morgan fingerprint density at radius 1 is 1.00 bits per heavy atom. The minimum atomic E-state index is -4.71. The van der Waals surface area contributed by atoms with Crippen LogP contribution >= 0.6 is 11.6 Å². The van der Waals surface area contributed by atoms with E-state index in [1.54, 1.807) is 0 Å². The Hall–Kier alpha value is -0.910. The van der Waals surface area contributed by atoms with Crippen LogP contribution in [0.4, 0.5) is 26.3 Å². The molecule has 0 aromatic heterocycles. The van der Waals surface area contributed by atoms with E-state index >= 15 is 0 Å². The second kappa shape index (κ2) is 4.40. The summed E-state index contributed by atoms with van der Waals surface area (Å²) in [5.41, 5.74) is -3.27. The molecule has 7 heteroatoms. The summed E-state index contributed by atoms with van der Waals surface area (Å²) in [6, 6.07) is 0.904. The molecule has 0 aliphatic heterocycles. The summed E-state index contributed by atoms with van der Waals surface area (Å²) in [5.74, 6) is -0.625. The minimum absolute atomic E-state index is 0.433. The van der Waals surface area contributed by atoms with Crippen LogP contribution in [-0.4, -0.2) is 0 Å². The standard InChI is InChI=1S/C10H7ClF6/c1-5-2-7(9(12,13)14)3-6(4-11)8(5)10(15,16)17/h2-3H,4H2,1H3. The maximum absolute atomic E-state index is 12.6. The summed E-state index contributed by atoms with van der Waals surface area (Å²) in [6.45, 7) is 0.980. The Balaban J connectivity index is 3.47.